The number of rotatable bonds is 5. The number of carbonyl (C=O) groups is 3. The number of anilines is 1. The lowest BCUT2D eigenvalue weighted by molar-refractivity contribution is -0.133. The molecule has 168 valence electrons. The molecule has 0 radical (unpaired) electrons. The van der Waals surface area contributed by atoms with Crippen LogP contribution in [-0.2, 0) is 27.3 Å². The van der Waals surface area contributed by atoms with Gasteiger partial charge < -0.3 is 10.2 Å². The first kappa shape index (κ1) is 21.9. The molecule has 1 saturated heterocycles. The molecule has 1 fully saturated rings. The van der Waals surface area contributed by atoms with E-state index in [4.69, 9.17) is 4.98 Å². The van der Waals surface area contributed by atoms with Crippen molar-refractivity contribution >= 4 is 23.5 Å². The fourth-order valence-corrected chi connectivity index (χ4v) is 4.29. The molecular weight excluding hydrogens is 413 g/mol. The number of hydrogen-bond donors (Lipinski definition) is 1. The molecular formula is C23H26FN5O3. The van der Waals surface area contributed by atoms with Crippen molar-refractivity contribution in [3.63, 3.8) is 0 Å². The Labute approximate surface area is 185 Å². The SMILES string of the molecule is CC(=O)NCC(=O)N1CCC[C@H](c2nc(C)c3c(n2)N(Cc2cccc(F)c2)C(=O)C3)C1. The van der Waals surface area contributed by atoms with E-state index >= 15 is 0 Å². The molecule has 0 saturated carbocycles. The van der Waals surface area contributed by atoms with Gasteiger partial charge in [0.05, 0.1) is 19.5 Å². The van der Waals surface area contributed by atoms with Crippen molar-refractivity contribution < 1.29 is 18.8 Å². The standard InChI is InChI=1S/C23H26FN5O3/c1-14-19-10-20(31)29(12-16-5-3-7-18(24)9-16)23(19)27-22(26-14)17-6-4-8-28(13-17)21(32)11-25-15(2)30/h3,5,7,9,17H,4,6,8,10-13H2,1-2H3,(H,25,30)/t17-/m0/s1. The highest BCUT2D eigenvalue weighted by Gasteiger charge is 2.34. The Morgan fingerprint density at radius 3 is 2.84 bits per heavy atom. The van der Waals surface area contributed by atoms with Gasteiger partial charge >= 0.3 is 0 Å². The van der Waals surface area contributed by atoms with Crippen LogP contribution in [0.15, 0.2) is 24.3 Å². The summed E-state index contributed by atoms with van der Waals surface area (Å²) in [7, 11) is 0. The molecule has 0 unspecified atom stereocenters. The molecule has 9 heteroatoms. The van der Waals surface area contributed by atoms with Crippen molar-refractivity contribution in [2.75, 3.05) is 24.5 Å². The number of piperidine rings is 1. The summed E-state index contributed by atoms with van der Waals surface area (Å²) in [6.07, 6.45) is 1.87. The minimum Gasteiger partial charge on any atom is -0.347 e. The number of halogens is 1. The van der Waals surface area contributed by atoms with E-state index in [1.807, 2.05) is 6.92 Å². The van der Waals surface area contributed by atoms with Crippen LogP contribution in [0.5, 0.6) is 0 Å². The highest BCUT2D eigenvalue weighted by molar-refractivity contribution is 6.00. The second-order valence-corrected chi connectivity index (χ2v) is 8.34. The quantitative estimate of drug-likeness (QED) is 0.767. The normalized spacial score (nSPS) is 18.0. The van der Waals surface area contributed by atoms with Crippen LogP contribution in [0.25, 0.3) is 0 Å². The molecule has 4 rings (SSSR count). The van der Waals surface area contributed by atoms with Gasteiger partial charge in [0, 0.05) is 37.2 Å². The van der Waals surface area contributed by atoms with E-state index in [2.05, 4.69) is 10.3 Å². The van der Waals surface area contributed by atoms with E-state index in [-0.39, 0.29) is 49.0 Å². The second kappa shape index (κ2) is 9.02. The molecule has 3 amide bonds. The Bertz CT molecular complexity index is 1070. The molecule has 3 heterocycles. The Kier molecular flexibility index (Phi) is 6.16. The number of nitrogens with one attached hydrogen (secondary N) is 1. The lowest BCUT2D eigenvalue weighted by Gasteiger charge is -2.32. The van der Waals surface area contributed by atoms with Crippen LogP contribution in [0.4, 0.5) is 10.2 Å². The first-order valence-corrected chi connectivity index (χ1v) is 10.8. The fourth-order valence-electron chi connectivity index (χ4n) is 4.29. The number of benzene rings is 1. The largest absolute Gasteiger partial charge is 0.347 e. The third-order valence-corrected chi connectivity index (χ3v) is 5.95. The average Bonchev–Trinajstić information content (AvgIpc) is 3.08. The molecule has 2 aromatic rings. The number of carbonyl (C=O) groups excluding carboxylic acids is 3. The predicted octanol–water partition coefficient (Wildman–Crippen LogP) is 1.86. The second-order valence-electron chi connectivity index (χ2n) is 8.34. The van der Waals surface area contributed by atoms with Gasteiger partial charge in [0.15, 0.2) is 0 Å². The summed E-state index contributed by atoms with van der Waals surface area (Å²) in [5.74, 6) is 0.314. The average molecular weight is 439 g/mol. The van der Waals surface area contributed by atoms with Gasteiger partial charge in [-0.2, -0.15) is 0 Å². The lowest BCUT2D eigenvalue weighted by Crippen LogP contribution is -2.44. The molecule has 1 N–H and O–H groups in total. The third kappa shape index (κ3) is 4.61. The zero-order valence-electron chi connectivity index (χ0n) is 18.2. The number of fused-ring (bicyclic) bond motifs is 1. The van der Waals surface area contributed by atoms with Gasteiger partial charge in [-0.3, -0.25) is 19.3 Å². The maximum absolute atomic E-state index is 13.6. The van der Waals surface area contributed by atoms with Crippen molar-refractivity contribution in [3.05, 3.63) is 52.7 Å². The van der Waals surface area contributed by atoms with Crippen LogP contribution in [0.2, 0.25) is 0 Å². The number of nitrogens with zero attached hydrogens (tertiary/aromatic N) is 4. The van der Waals surface area contributed by atoms with E-state index in [9.17, 15) is 18.8 Å². The minimum atomic E-state index is -0.347. The number of aromatic nitrogens is 2. The van der Waals surface area contributed by atoms with E-state index < -0.39 is 0 Å². The molecule has 2 aliphatic heterocycles. The fraction of sp³-hybridized carbons (Fsp3) is 0.435. The van der Waals surface area contributed by atoms with Gasteiger partial charge in [-0.05, 0) is 37.5 Å². The predicted molar refractivity (Wildman–Crippen MR) is 115 cm³/mol. The molecule has 8 nitrogen and oxygen atoms in total. The molecule has 32 heavy (non-hydrogen) atoms. The summed E-state index contributed by atoms with van der Waals surface area (Å²) in [5.41, 5.74) is 2.24. The first-order chi connectivity index (χ1) is 15.3. The van der Waals surface area contributed by atoms with Crippen molar-refractivity contribution in [1.82, 2.24) is 20.2 Å². The summed E-state index contributed by atoms with van der Waals surface area (Å²) in [4.78, 5) is 49.0. The molecule has 2 aliphatic rings. The molecule has 1 atom stereocenters. The van der Waals surface area contributed by atoms with Crippen LogP contribution in [-0.4, -0.2) is 52.2 Å². The summed E-state index contributed by atoms with van der Waals surface area (Å²) in [5, 5.41) is 2.55. The van der Waals surface area contributed by atoms with Gasteiger partial charge in [0.2, 0.25) is 17.7 Å². The van der Waals surface area contributed by atoms with E-state index in [0.717, 1.165) is 24.1 Å². The third-order valence-electron chi connectivity index (χ3n) is 5.95. The Balaban J connectivity index is 1.56. The van der Waals surface area contributed by atoms with Gasteiger partial charge in [0.1, 0.15) is 17.5 Å². The minimum absolute atomic E-state index is 0.0258. The Morgan fingerprint density at radius 2 is 2.09 bits per heavy atom. The Morgan fingerprint density at radius 1 is 1.28 bits per heavy atom. The van der Waals surface area contributed by atoms with Crippen molar-refractivity contribution in [1.29, 1.82) is 0 Å². The van der Waals surface area contributed by atoms with Crippen LogP contribution >= 0.6 is 0 Å². The van der Waals surface area contributed by atoms with Gasteiger partial charge in [-0.1, -0.05) is 12.1 Å². The summed E-state index contributed by atoms with van der Waals surface area (Å²) < 4.78 is 13.6. The lowest BCUT2D eigenvalue weighted by atomic mass is 9.96. The number of amides is 3. The molecule has 0 bridgehead atoms. The summed E-state index contributed by atoms with van der Waals surface area (Å²) in [6, 6.07) is 6.19. The van der Waals surface area contributed by atoms with Crippen molar-refractivity contribution in [2.45, 2.75) is 45.6 Å². The monoisotopic (exact) mass is 439 g/mol. The summed E-state index contributed by atoms with van der Waals surface area (Å²) >= 11 is 0. The summed E-state index contributed by atoms with van der Waals surface area (Å²) in [6.45, 7) is 4.56. The smallest absolute Gasteiger partial charge is 0.241 e. The van der Waals surface area contributed by atoms with Crippen LogP contribution in [0, 0.1) is 12.7 Å². The van der Waals surface area contributed by atoms with E-state index in [1.165, 1.54) is 19.1 Å². The van der Waals surface area contributed by atoms with Crippen LogP contribution < -0.4 is 10.2 Å². The van der Waals surface area contributed by atoms with Crippen LogP contribution in [0.1, 0.15) is 48.3 Å². The maximum atomic E-state index is 13.6. The van der Waals surface area contributed by atoms with Gasteiger partial charge in [-0.15, -0.1) is 0 Å². The number of aryl methyl sites for hydroxylation is 1. The van der Waals surface area contributed by atoms with Crippen molar-refractivity contribution in [2.24, 2.45) is 0 Å². The van der Waals surface area contributed by atoms with Gasteiger partial charge in [0.25, 0.3) is 0 Å². The molecule has 1 aromatic carbocycles. The molecule has 1 aromatic heterocycles. The topological polar surface area (TPSA) is 95.5 Å². The molecule has 0 spiro atoms. The van der Waals surface area contributed by atoms with Crippen molar-refractivity contribution in [3.8, 4) is 0 Å². The number of likely N-dealkylation sites (tertiary alicyclic amines) is 1. The zero-order valence-corrected chi connectivity index (χ0v) is 18.2. The molecule has 0 aliphatic carbocycles. The number of hydrogen-bond acceptors (Lipinski definition) is 5. The first-order valence-electron chi connectivity index (χ1n) is 10.8. The van der Waals surface area contributed by atoms with E-state index in [0.29, 0.717) is 30.3 Å². The highest BCUT2D eigenvalue weighted by Crippen LogP contribution is 2.33. The van der Waals surface area contributed by atoms with E-state index in [1.54, 1.807) is 21.9 Å². The zero-order chi connectivity index (χ0) is 22.8. The maximum Gasteiger partial charge on any atom is 0.241 e. The van der Waals surface area contributed by atoms with Crippen LogP contribution in [0.3, 0.4) is 0 Å². The Hall–Kier alpha value is -3.36. The van der Waals surface area contributed by atoms with Gasteiger partial charge in [-0.25, -0.2) is 14.4 Å². The highest BCUT2D eigenvalue weighted by atomic mass is 19.1.